The SMILES string of the molecule is C=Cc1nc(C)ccc1OCCO[C@H](C)c1c(-c2ccc3c(n2)c(Br)nn3S(C)(=O)=O)cnn1C. The van der Waals surface area contributed by atoms with Gasteiger partial charge in [0.1, 0.15) is 29.1 Å². The number of aromatic nitrogens is 6. The van der Waals surface area contributed by atoms with Crippen molar-refractivity contribution < 1.29 is 17.9 Å². The summed E-state index contributed by atoms with van der Waals surface area (Å²) in [7, 11) is -1.73. The monoisotopic (exact) mass is 560 g/mol. The number of hydrogen-bond donors (Lipinski definition) is 0. The summed E-state index contributed by atoms with van der Waals surface area (Å²) in [5, 5.41) is 8.45. The van der Waals surface area contributed by atoms with Crippen LogP contribution in [0, 0.1) is 6.92 Å². The third-order valence-corrected chi connectivity index (χ3v) is 6.78. The lowest BCUT2D eigenvalue weighted by molar-refractivity contribution is 0.0396. The smallest absolute Gasteiger partial charge is 0.251 e. The summed E-state index contributed by atoms with van der Waals surface area (Å²) >= 11 is 3.32. The number of nitrogens with zero attached hydrogens (tertiary/aromatic N) is 6. The minimum Gasteiger partial charge on any atom is -0.489 e. The van der Waals surface area contributed by atoms with Crippen LogP contribution in [0.2, 0.25) is 0 Å². The highest BCUT2D eigenvalue weighted by Gasteiger charge is 2.22. The average Bonchev–Trinajstić information content (AvgIpc) is 3.37. The molecule has 10 nitrogen and oxygen atoms in total. The Morgan fingerprint density at radius 2 is 1.97 bits per heavy atom. The zero-order valence-electron chi connectivity index (χ0n) is 19.8. The van der Waals surface area contributed by atoms with E-state index in [1.165, 1.54) is 0 Å². The molecule has 35 heavy (non-hydrogen) atoms. The summed E-state index contributed by atoms with van der Waals surface area (Å²) < 4.78 is 39.0. The summed E-state index contributed by atoms with van der Waals surface area (Å²) in [6, 6.07) is 7.18. The maximum atomic E-state index is 12.0. The van der Waals surface area contributed by atoms with E-state index in [-0.39, 0.29) is 6.10 Å². The van der Waals surface area contributed by atoms with Gasteiger partial charge in [0.25, 0.3) is 10.0 Å². The molecule has 0 aliphatic carbocycles. The van der Waals surface area contributed by atoms with Crippen LogP contribution in [0.15, 0.2) is 41.6 Å². The van der Waals surface area contributed by atoms with Crippen LogP contribution in [0.25, 0.3) is 28.4 Å². The standard InChI is InChI=1S/C23H25BrN6O4S/c1-6-17-20(10-7-14(2)26-17)34-12-11-33-15(3)22-16(13-25-29(22)4)18-8-9-19-21(27-18)23(24)28-30(19)35(5,31)32/h6-10,13,15H,1,11-12H2,2-5H3/t15-/m1/s1. The summed E-state index contributed by atoms with van der Waals surface area (Å²) in [6.07, 6.45) is 4.16. The quantitative estimate of drug-likeness (QED) is 0.283. The molecule has 0 radical (unpaired) electrons. The van der Waals surface area contributed by atoms with E-state index >= 15 is 0 Å². The number of pyridine rings is 2. The van der Waals surface area contributed by atoms with Crippen molar-refractivity contribution in [3.8, 4) is 17.0 Å². The second kappa shape index (κ2) is 9.88. The molecule has 4 aromatic rings. The topological polar surface area (TPSA) is 114 Å². The molecule has 0 aliphatic heterocycles. The lowest BCUT2D eigenvalue weighted by Gasteiger charge is -2.16. The van der Waals surface area contributed by atoms with Crippen molar-refractivity contribution in [3.63, 3.8) is 0 Å². The van der Waals surface area contributed by atoms with E-state index in [0.29, 0.717) is 46.0 Å². The summed E-state index contributed by atoms with van der Waals surface area (Å²) in [5.41, 5.74) is 4.64. The average molecular weight is 561 g/mol. The number of hydrogen-bond acceptors (Lipinski definition) is 8. The Hall–Kier alpha value is -3.09. The van der Waals surface area contributed by atoms with Crippen molar-refractivity contribution >= 4 is 43.1 Å². The predicted octanol–water partition coefficient (Wildman–Crippen LogP) is 3.91. The highest BCUT2D eigenvalue weighted by atomic mass is 79.9. The van der Waals surface area contributed by atoms with Crippen molar-refractivity contribution in [1.29, 1.82) is 0 Å². The minimum absolute atomic E-state index is 0.309. The highest BCUT2D eigenvalue weighted by Crippen LogP contribution is 2.31. The first-order valence-corrected chi connectivity index (χ1v) is 13.4. The molecule has 0 saturated heterocycles. The van der Waals surface area contributed by atoms with E-state index in [1.54, 1.807) is 29.1 Å². The van der Waals surface area contributed by atoms with Crippen LogP contribution in [0.4, 0.5) is 0 Å². The van der Waals surface area contributed by atoms with Crippen molar-refractivity contribution in [3.05, 3.63) is 58.7 Å². The Morgan fingerprint density at radius 3 is 2.69 bits per heavy atom. The summed E-state index contributed by atoms with van der Waals surface area (Å²) in [4.78, 5) is 9.05. The Kier molecular flexibility index (Phi) is 7.06. The molecule has 12 heteroatoms. The first-order chi connectivity index (χ1) is 16.6. The molecule has 4 heterocycles. The van der Waals surface area contributed by atoms with Gasteiger partial charge in [-0.3, -0.25) is 4.68 Å². The van der Waals surface area contributed by atoms with Gasteiger partial charge in [0.15, 0.2) is 4.60 Å². The van der Waals surface area contributed by atoms with Gasteiger partial charge in [-0.2, -0.15) is 9.19 Å². The van der Waals surface area contributed by atoms with Gasteiger partial charge in [-0.25, -0.2) is 18.4 Å². The third kappa shape index (κ3) is 5.14. The minimum atomic E-state index is -3.57. The van der Waals surface area contributed by atoms with Gasteiger partial charge in [-0.15, -0.1) is 5.10 Å². The molecule has 0 aliphatic rings. The van der Waals surface area contributed by atoms with Crippen LogP contribution in [0.1, 0.15) is 30.1 Å². The van der Waals surface area contributed by atoms with Crippen LogP contribution < -0.4 is 4.74 Å². The zero-order valence-corrected chi connectivity index (χ0v) is 22.2. The number of fused-ring (bicyclic) bond motifs is 1. The van der Waals surface area contributed by atoms with Crippen molar-refractivity contribution in [2.75, 3.05) is 19.5 Å². The molecular weight excluding hydrogens is 536 g/mol. The molecule has 0 spiro atoms. The molecule has 0 bridgehead atoms. The van der Waals surface area contributed by atoms with E-state index in [1.807, 2.05) is 33.0 Å². The van der Waals surface area contributed by atoms with Crippen LogP contribution in [-0.2, 0) is 21.8 Å². The van der Waals surface area contributed by atoms with E-state index in [9.17, 15) is 8.42 Å². The van der Waals surface area contributed by atoms with Crippen LogP contribution in [0.3, 0.4) is 0 Å². The van der Waals surface area contributed by atoms with Gasteiger partial charge in [-0.1, -0.05) is 6.58 Å². The molecule has 0 aromatic carbocycles. The van der Waals surface area contributed by atoms with Crippen LogP contribution in [0.5, 0.6) is 5.75 Å². The van der Waals surface area contributed by atoms with Gasteiger partial charge < -0.3 is 9.47 Å². The lowest BCUT2D eigenvalue weighted by Crippen LogP contribution is -2.13. The zero-order chi connectivity index (χ0) is 25.3. The van der Waals surface area contributed by atoms with Crippen LogP contribution >= 0.6 is 15.9 Å². The molecule has 1 atom stereocenters. The Labute approximate surface area is 211 Å². The maximum absolute atomic E-state index is 12.0. The van der Waals surface area contributed by atoms with Gasteiger partial charge >= 0.3 is 0 Å². The Morgan fingerprint density at radius 1 is 1.20 bits per heavy atom. The molecule has 0 N–H and O–H groups in total. The Bertz CT molecular complexity index is 1510. The Balaban J connectivity index is 1.52. The first-order valence-electron chi connectivity index (χ1n) is 10.7. The van der Waals surface area contributed by atoms with Crippen LogP contribution in [-0.4, -0.2) is 56.8 Å². The van der Waals surface area contributed by atoms with Gasteiger partial charge in [0, 0.05) is 18.3 Å². The van der Waals surface area contributed by atoms with Gasteiger partial charge in [-0.05, 0) is 60.1 Å². The largest absolute Gasteiger partial charge is 0.489 e. The van der Waals surface area contributed by atoms with E-state index in [0.717, 1.165) is 27.3 Å². The molecule has 4 aromatic heterocycles. The van der Waals surface area contributed by atoms with Gasteiger partial charge in [0.2, 0.25) is 0 Å². The number of aryl methyl sites for hydroxylation is 2. The third-order valence-electron chi connectivity index (χ3n) is 5.34. The fraction of sp³-hybridized carbons (Fsp3) is 0.304. The molecule has 4 rings (SSSR count). The van der Waals surface area contributed by atoms with Crippen molar-refractivity contribution in [1.82, 2.24) is 28.9 Å². The van der Waals surface area contributed by atoms with E-state index in [2.05, 4.69) is 42.7 Å². The fourth-order valence-corrected chi connectivity index (χ4v) is 5.05. The molecule has 0 fully saturated rings. The predicted molar refractivity (Wildman–Crippen MR) is 137 cm³/mol. The maximum Gasteiger partial charge on any atom is 0.251 e. The second-order valence-electron chi connectivity index (χ2n) is 7.93. The molecule has 0 amide bonds. The second-order valence-corrected chi connectivity index (χ2v) is 10.5. The van der Waals surface area contributed by atoms with Crippen molar-refractivity contribution in [2.45, 2.75) is 20.0 Å². The van der Waals surface area contributed by atoms with E-state index < -0.39 is 10.0 Å². The molecule has 184 valence electrons. The number of ether oxygens (including phenoxy) is 2. The number of halogens is 1. The number of rotatable bonds is 9. The molecular formula is C23H25BrN6O4S. The van der Waals surface area contributed by atoms with Crippen molar-refractivity contribution in [2.24, 2.45) is 7.05 Å². The fourth-order valence-electron chi connectivity index (χ4n) is 3.76. The first kappa shape index (κ1) is 25.0. The van der Waals surface area contributed by atoms with Gasteiger partial charge in [0.05, 0.1) is 36.6 Å². The normalized spacial score (nSPS) is 12.7. The molecule has 0 unspecified atom stereocenters. The van der Waals surface area contributed by atoms with E-state index in [4.69, 9.17) is 9.47 Å². The molecule has 0 saturated carbocycles. The summed E-state index contributed by atoms with van der Waals surface area (Å²) in [6.45, 7) is 8.30. The summed E-state index contributed by atoms with van der Waals surface area (Å²) in [5.74, 6) is 0.654. The lowest BCUT2D eigenvalue weighted by atomic mass is 10.1. The highest BCUT2D eigenvalue weighted by molar-refractivity contribution is 9.10.